The van der Waals surface area contributed by atoms with E-state index in [0.717, 1.165) is 0 Å². The lowest BCUT2D eigenvalue weighted by molar-refractivity contribution is -0.146. The average molecular weight is 403 g/mol. The Bertz CT molecular complexity index is 826. The first-order valence-electron chi connectivity index (χ1n) is 7.50. The number of hydrogen-bond acceptors (Lipinski definition) is 5. The van der Waals surface area contributed by atoms with Crippen LogP contribution in [0.1, 0.15) is 11.1 Å². The highest BCUT2D eigenvalue weighted by atomic mass is 35.5. The molecule has 1 aromatic heterocycles. The lowest BCUT2D eigenvalue weighted by atomic mass is 10.1. The van der Waals surface area contributed by atoms with Crippen LogP contribution in [-0.2, 0) is 26.9 Å². The first-order valence-corrected chi connectivity index (χ1v) is 7.88. The van der Waals surface area contributed by atoms with Gasteiger partial charge in [0.1, 0.15) is 5.75 Å². The van der Waals surface area contributed by atoms with Crippen LogP contribution in [0.2, 0.25) is 5.02 Å². The minimum Gasteiger partial charge on any atom is -0.497 e. The van der Waals surface area contributed by atoms with Crippen LogP contribution in [0.3, 0.4) is 0 Å². The Labute approximate surface area is 157 Å². The zero-order valence-corrected chi connectivity index (χ0v) is 14.7. The smallest absolute Gasteiger partial charge is 0.417 e. The maximum atomic E-state index is 12.5. The van der Waals surface area contributed by atoms with Crippen LogP contribution in [0.25, 0.3) is 0 Å². The molecular weight excluding hydrogens is 389 g/mol. The van der Waals surface area contributed by atoms with Crippen molar-refractivity contribution in [2.45, 2.75) is 12.6 Å². The summed E-state index contributed by atoms with van der Waals surface area (Å²) in [7, 11) is 1.51. The van der Waals surface area contributed by atoms with E-state index >= 15 is 0 Å². The summed E-state index contributed by atoms with van der Waals surface area (Å²) in [6.07, 6.45) is -4.12. The zero-order valence-electron chi connectivity index (χ0n) is 14.0. The third-order valence-electron chi connectivity index (χ3n) is 3.30. The third-order valence-corrected chi connectivity index (χ3v) is 3.59. The van der Waals surface area contributed by atoms with Crippen LogP contribution in [0.5, 0.6) is 5.75 Å². The van der Waals surface area contributed by atoms with Crippen molar-refractivity contribution in [1.82, 2.24) is 4.98 Å². The van der Waals surface area contributed by atoms with E-state index in [4.69, 9.17) is 21.1 Å². The molecule has 0 aliphatic rings. The maximum absolute atomic E-state index is 12.5. The number of amides is 1. The van der Waals surface area contributed by atoms with Crippen LogP contribution >= 0.6 is 11.6 Å². The van der Waals surface area contributed by atoms with Crippen LogP contribution in [0, 0.1) is 0 Å². The minimum atomic E-state index is -4.60. The predicted octanol–water partition coefficient (Wildman–Crippen LogP) is 3.49. The number of alkyl halides is 3. The summed E-state index contributed by atoms with van der Waals surface area (Å²) in [5.41, 5.74) is -0.384. The molecule has 0 saturated heterocycles. The highest BCUT2D eigenvalue weighted by Gasteiger charge is 2.31. The maximum Gasteiger partial charge on any atom is 0.417 e. The Balaban J connectivity index is 1.85. The molecule has 0 fully saturated rings. The number of rotatable bonds is 6. The quantitative estimate of drug-likeness (QED) is 0.748. The Morgan fingerprint density at radius 3 is 2.44 bits per heavy atom. The molecule has 0 atom stereocenters. The second kappa shape index (κ2) is 8.72. The molecule has 0 spiro atoms. The Morgan fingerprint density at radius 2 is 1.89 bits per heavy atom. The number of aromatic nitrogens is 1. The molecule has 0 bridgehead atoms. The molecule has 6 nitrogen and oxygen atoms in total. The summed E-state index contributed by atoms with van der Waals surface area (Å²) in [5.74, 6) is -1.07. The topological polar surface area (TPSA) is 77.5 Å². The number of ether oxygens (including phenoxy) is 2. The second-order valence-electron chi connectivity index (χ2n) is 5.29. The van der Waals surface area contributed by atoms with Gasteiger partial charge in [-0.3, -0.25) is 9.59 Å². The van der Waals surface area contributed by atoms with Crippen molar-refractivity contribution in [3.63, 3.8) is 0 Å². The number of carbonyl (C=O) groups is 2. The number of halogens is 4. The minimum absolute atomic E-state index is 0.0590. The number of benzene rings is 1. The number of hydrogen-bond donors (Lipinski definition) is 1. The van der Waals surface area contributed by atoms with Gasteiger partial charge in [0.25, 0.3) is 5.91 Å². The Hall–Kier alpha value is -2.81. The van der Waals surface area contributed by atoms with Gasteiger partial charge in [-0.05, 0) is 23.8 Å². The number of esters is 1. The summed E-state index contributed by atoms with van der Waals surface area (Å²) in [5, 5.41) is 1.79. The van der Waals surface area contributed by atoms with Crippen LogP contribution < -0.4 is 10.1 Å². The molecule has 27 heavy (non-hydrogen) atoms. The average Bonchev–Trinajstić information content (AvgIpc) is 2.61. The van der Waals surface area contributed by atoms with Gasteiger partial charge in [-0.1, -0.05) is 23.7 Å². The summed E-state index contributed by atoms with van der Waals surface area (Å²) in [4.78, 5) is 27.0. The van der Waals surface area contributed by atoms with Gasteiger partial charge >= 0.3 is 12.1 Å². The van der Waals surface area contributed by atoms with E-state index in [1.165, 1.54) is 7.11 Å². The third kappa shape index (κ3) is 6.14. The SMILES string of the molecule is COc1ccc(CC(=O)OCC(=O)Nc2ncc(C(F)(F)F)cc2Cl)cc1. The van der Waals surface area contributed by atoms with Crippen molar-refractivity contribution >= 4 is 29.3 Å². The molecule has 2 rings (SSSR count). The van der Waals surface area contributed by atoms with Gasteiger partial charge in [-0.25, -0.2) is 4.98 Å². The Morgan fingerprint density at radius 1 is 1.22 bits per heavy atom. The second-order valence-corrected chi connectivity index (χ2v) is 5.69. The van der Waals surface area contributed by atoms with E-state index < -0.39 is 30.2 Å². The van der Waals surface area contributed by atoms with Gasteiger partial charge in [0.15, 0.2) is 12.4 Å². The molecule has 0 unspecified atom stereocenters. The summed E-state index contributed by atoms with van der Waals surface area (Å²) < 4.78 is 47.4. The molecule has 2 aromatic rings. The highest BCUT2D eigenvalue weighted by molar-refractivity contribution is 6.33. The monoisotopic (exact) mass is 402 g/mol. The first-order chi connectivity index (χ1) is 12.7. The van der Waals surface area contributed by atoms with Crippen molar-refractivity contribution < 1.29 is 32.2 Å². The fourth-order valence-electron chi connectivity index (χ4n) is 1.96. The van der Waals surface area contributed by atoms with Gasteiger partial charge < -0.3 is 14.8 Å². The largest absolute Gasteiger partial charge is 0.497 e. The molecule has 144 valence electrons. The van der Waals surface area contributed by atoms with E-state index in [1.807, 2.05) is 0 Å². The van der Waals surface area contributed by atoms with E-state index in [0.29, 0.717) is 23.6 Å². The fraction of sp³-hybridized carbons (Fsp3) is 0.235. The van der Waals surface area contributed by atoms with Gasteiger partial charge in [0.05, 0.1) is 24.1 Å². The molecular formula is C17H14ClF3N2O4. The zero-order chi connectivity index (χ0) is 20.0. The van der Waals surface area contributed by atoms with Crippen molar-refractivity contribution in [1.29, 1.82) is 0 Å². The molecule has 0 radical (unpaired) electrons. The lowest BCUT2D eigenvalue weighted by Crippen LogP contribution is -2.22. The molecule has 1 aromatic carbocycles. The van der Waals surface area contributed by atoms with Gasteiger partial charge in [0.2, 0.25) is 0 Å². The van der Waals surface area contributed by atoms with Gasteiger partial charge in [-0.15, -0.1) is 0 Å². The molecule has 1 N–H and O–H groups in total. The molecule has 1 amide bonds. The van der Waals surface area contributed by atoms with Crippen molar-refractivity contribution in [3.05, 3.63) is 52.7 Å². The molecule has 10 heteroatoms. The summed E-state index contributed by atoms with van der Waals surface area (Å²) in [6, 6.07) is 7.33. The first kappa shape index (κ1) is 20.5. The number of nitrogens with one attached hydrogen (secondary N) is 1. The van der Waals surface area contributed by atoms with Gasteiger partial charge in [0, 0.05) is 6.20 Å². The number of anilines is 1. The van der Waals surface area contributed by atoms with Crippen molar-refractivity contribution in [2.24, 2.45) is 0 Å². The number of methoxy groups -OCH3 is 1. The standard InChI is InChI=1S/C17H14ClF3N2O4/c1-26-12-4-2-10(3-5-12)6-15(25)27-9-14(24)23-16-13(18)7-11(8-22-16)17(19,20)21/h2-5,7-8H,6,9H2,1H3,(H,22,23,24). The van der Waals surface area contributed by atoms with E-state index in [9.17, 15) is 22.8 Å². The fourth-order valence-corrected chi connectivity index (χ4v) is 2.17. The molecule has 0 aliphatic carbocycles. The summed E-state index contributed by atoms with van der Waals surface area (Å²) in [6.45, 7) is -0.631. The highest BCUT2D eigenvalue weighted by Crippen LogP contribution is 2.32. The number of carbonyl (C=O) groups excluding carboxylic acids is 2. The van der Waals surface area contributed by atoms with E-state index in [2.05, 4.69) is 10.3 Å². The van der Waals surface area contributed by atoms with Crippen LogP contribution in [0.4, 0.5) is 19.0 Å². The number of pyridine rings is 1. The van der Waals surface area contributed by atoms with E-state index in [-0.39, 0.29) is 17.3 Å². The Kier molecular flexibility index (Phi) is 6.62. The normalized spacial score (nSPS) is 11.0. The van der Waals surface area contributed by atoms with Crippen molar-refractivity contribution in [2.75, 3.05) is 19.0 Å². The predicted molar refractivity (Wildman–Crippen MR) is 90.5 cm³/mol. The van der Waals surface area contributed by atoms with E-state index in [1.54, 1.807) is 24.3 Å². The van der Waals surface area contributed by atoms with Crippen LogP contribution in [0.15, 0.2) is 36.5 Å². The van der Waals surface area contributed by atoms with Crippen molar-refractivity contribution in [3.8, 4) is 5.75 Å². The molecule has 0 saturated carbocycles. The lowest BCUT2D eigenvalue weighted by Gasteiger charge is -2.10. The van der Waals surface area contributed by atoms with Crippen LogP contribution in [-0.4, -0.2) is 30.6 Å². The van der Waals surface area contributed by atoms with Gasteiger partial charge in [-0.2, -0.15) is 13.2 Å². The molecule has 0 aliphatic heterocycles. The number of nitrogens with zero attached hydrogens (tertiary/aromatic N) is 1. The molecule has 1 heterocycles. The summed E-state index contributed by atoms with van der Waals surface area (Å²) >= 11 is 5.68.